The second-order valence-corrected chi connectivity index (χ2v) is 7.45. The summed E-state index contributed by atoms with van der Waals surface area (Å²) in [6.45, 7) is 4.38. The normalized spacial score (nSPS) is 13.7. The van der Waals surface area contributed by atoms with Crippen LogP contribution < -0.4 is 0 Å². The Hall–Kier alpha value is -1.94. The van der Waals surface area contributed by atoms with Crippen molar-refractivity contribution in [1.82, 2.24) is 4.90 Å². The van der Waals surface area contributed by atoms with Crippen molar-refractivity contribution in [2.24, 2.45) is 0 Å². The molecular formula is C19H21NO2S. The van der Waals surface area contributed by atoms with Crippen molar-refractivity contribution in [3.05, 3.63) is 56.8 Å². The zero-order valence-corrected chi connectivity index (χ0v) is 14.4. The summed E-state index contributed by atoms with van der Waals surface area (Å²) in [7, 11) is 0. The Morgan fingerprint density at radius 3 is 2.09 bits per heavy atom. The molecule has 0 aliphatic carbocycles. The van der Waals surface area contributed by atoms with E-state index in [0.717, 1.165) is 35.4 Å². The summed E-state index contributed by atoms with van der Waals surface area (Å²) in [5.74, 6) is -0.204. The molecule has 120 valence electrons. The van der Waals surface area contributed by atoms with E-state index in [9.17, 15) is 9.59 Å². The fraction of sp³-hybridized carbons (Fsp3) is 0.368. The maximum Gasteiger partial charge on any atom is 0.262 e. The van der Waals surface area contributed by atoms with Crippen LogP contribution in [0.5, 0.6) is 0 Å². The SMILES string of the molecule is Cc1sc(C)c2c1C(=O)N(CCCCCc1ccccc1)C2=O. The molecule has 1 aliphatic heterocycles. The van der Waals surface area contributed by atoms with Crippen LogP contribution in [-0.4, -0.2) is 23.3 Å². The summed E-state index contributed by atoms with van der Waals surface area (Å²) >= 11 is 1.54. The minimum absolute atomic E-state index is 0.102. The number of imide groups is 1. The fourth-order valence-electron chi connectivity index (χ4n) is 3.18. The highest BCUT2D eigenvalue weighted by Crippen LogP contribution is 2.34. The van der Waals surface area contributed by atoms with Crippen LogP contribution in [0.4, 0.5) is 0 Å². The fourth-order valence-corrected chi connectivity index (χ4v) is 4.23. The highest BCUT2D eigenvalue weighted by Gasteiger charge is 2.39. The number of amides is 2. The van der Waals surface area contributed by atoms with Crippen LogP contribution in [0.2, 0.25) is 0 Å². The molecule has 1 aromatic heterocycles. The van der Waals surface area contributed by atoms with Crippen LogP contribution in [0.15, 0.2) is 30.3 Å². The molecule has 0 N–H and O–H groups in total. The van der Waals surface area contributed by atoms with E-state index in [0.29, 0.717) is 17.7 Å². The van der Waals surface area contributed by atoms with Gasteiger partial charge in [-0.15, -0.1) is 11.3 Å². The first-order valence-corrected chi connectivity index (χ1v) is 8.91. The van der Waals surface area contributed by atoms with Crippen molar-refractivity contribution < 1.29 is 9.59 Å². The molecule has 0 fully saturated rings. The maximum absolute atomic E-state index is 12.4. The molecule has 1 aromatic carbocycles. The molecule has 3 nitrogen and oxygen atoms in total. The number of fused-ring (bicyclic) bond motifs is 1. The average Bonchev–Trinajstić information content (AvgIpc) is 2.97. The van der Waals surface area contributed by atoms with Gasteiger partial charge in [0.25, 0.3) is 11.8 Å². The Morgan fingerprint density at radius 2 is 1.48 bits per heavy atom. The standard InChI is InChI=1S/C19H21NO2S/c1-13-16-17(14(2)23-13)19(22)20(18(16)21)12-8-4-7-11-15-9-5-3-6-10-15/h3,5-6,9-10H,4,7-8,11-12H2,1-2H3. The van der Waals surface area contributed by atoms with Gasteiger partial charge in [0.1, 0.15) is 0 Å². The topological polar surface area (TPSA) is 37.4 Å². The van der Waals surface area contributed by atoms with Gasteiger partial charge < -0.3 is 0 Å². The Labute approximate surface area is 140 Å². The molecule has 0 saturated heterocycles. The molecule has 1 aliphatic rings. The van der Waals surface area contributed by atoms with E-state index in [1.54, 1.807) is 11.3 Å². The first kappa shape index (κ1) is 15.9. The van der Waals surface area contributed by atoms with Gasteiger partial charge in [-0.25, -0.2) is 0 Å². The number of carbonyl (C=O) groups excluding carboxylic acids is 2. The van der Waals surface area contributed by atoms with Gasteiger partial charge in [-0.3, -0.25) is 14.5 Å². The number of unbranched alkanes of at least 4 members (excludes halogenated alkanes) is 2. The highest BCUT2D eigenvalue weighted by atomic mass is 32.1. The van der Waals surface area contributed by atoms with Crippen LogP contribution in [0.25, 0.3) is 0 Å². The summed E-state index contributed by atoms with van der Waals surface area (Å²) in [5, 5.41) is 0. The van der Waals surface area contributed by atoms with Crippen molar-refractivity contribution in [2.45, 2.75) is 39.5 Å². The van der Waals surface area contributed by atoms with Crippen molar-refractivity contribution in [3.8, 4) is 0 Å². The molecule has 4 heteroatoms. The molecule has 0 bridgehead atoms. The van der Waals surface area contributed by atoms with Crippen LogP contribution in [0.3, 0.4) is 0 Å². The molecular weight excluding hydrogens is 306 g/mol. The Bertz CT molecular complexity index is 697. The third kappa shape index (κ3) is 3.08. The molecule has 0 atom stereocenters. The molecule has 0 radical (unpaired) electrons. The lowest BCUT2D eigenvalue weighted by Crippen LogP contribution is -2.31. The Balaban J connectivity index is 1.51. The number of benzene rings is 1. The Kier molecular flexibility index (Phi) is 4.62. The van der Waals surface area contributed by atoms with Crippen molar-refractivity contribution in [3.63, 3.8) is 0 Å². The van der Waals surface area contributed by atoms with Crippen LogP contribution in [0.1, 0.15) is 55.3 Å². The van der Waals surface area contributed by atoms with E-state index in [4.69, 9.17) is 0 Å². The minimum Gasteiger partial charge on any atom is -0.274 e. The summed E-state index contributed by atoms with van der Waals surface area (Å²) in [6, 6.07) is 10.4. The first-order valence-electron chi connectivity index (χ1n) is 8.09. The van der Waals surface area contributed by atoms with E-state index in [-0.39, 0.29) is 11.8 Å². The van der Waals surface area contributed by atoms with Gasteiger partial charge >= 0.3 is 0 Å². The lowest BCUT2D eigenvalue weighted by molar-refractivity contribution is 0.0651. The summed E-state index contributed by atoms with van der Waals surface area (Å²) in [5.41, 5.74) is 2.62. The minimum atomic E-state index is -0.102. The maximum atomic E-state index is 12.4. The predicted octanol–water partition coefficient (Wildman–Crippen LogP) is 4.37. The Morgan fingerprint density at radius 1 is 0.870 bits per heavy atom. The average molecular weight is 327 g/mol. The summed E-state index contributed by atoms with van der Waals surface area (Å²) in [4.78, 5) is 28.2. The predicted molar refractivity (Wildman–Crippen MR) is 93.2 cm³/mol. The van der Waals surface area contributed by atoms with E-state index in [1.807, 2.05) is 19.9 Å². The second-order valence-electron chi connectivity index (χ2n) is 6.02. The van der Waals surface area contributed by atoms with Gasteiger partial charge in [-0.05, 0) is 38.7 Å². The van der Waals surface area contributed by atoms with E-state index < -0.39 is 0 Å². The van der Waals surface area contributed by atoms with Crippen molar-refractivity contribution in [1.29, 1.82) is 0 Å². The summed E-state index contributed by atoms with van der Waals surface area (Å²) in [6.07, 6.45) is 4.03. The van der Waals surface area contributed by atoms with Gasteiger partial charge in [-0.2, -0.15) is 0 Å². The lowest BCUT2D eigenvalue weighted by Gasteiger charge is -2.14. The number of aryl methyl sites for hydroxylation is 3. The molecule has 2 heterocycles. The van der Waals surface area contributed by atoms with Crippen molar-refractivity contribution >= 4 is 23.2 Å². The molecule has 3 rings (SSSR count). The highest BCUT2D eigenvalue weighted by molar-refractivity contribution is 7.12. The van der Waals surface area contributed by atoms with Crippen LogP contribution in [-0.2, 0) is 6.42 Å². The van der Waals surface area contributed by atoms with Crippen molar-refractivity contribution in [2.75, 3.05) is 6.54 Å². The largest absolute Gasteiger partial charge is 0.274 e. The van der Waals surface area contributed by atoms with Gasteiger partial charge in [-0.1, -0.05) is 36.8 Å². The van der Waals surface area contributed by atoms with E-state index in [2.05, 4.69) is 24.3 Å². The molecule has 2 aromatic rings. The number of rotatable bonds is 6. The van der Waals surface area contributed by atoms with Crippen LogP contribution >= 0.6 is 11.3 Å². The second kappa shape index (κ2) is 6.67. The number of carbonyl (C=O) groups is 2. The van der Waals surface area contributed by atoms with E-state index in [1.165, 1.54) is 10.5 Å². The molecule has 0 spiro atoms. The third-order valence-electron chi connectivity index (χ3n) is 4.37. The molecule has 2 amide bonds. The lowest BCUT2D eigenvalue weighted by atomic mass is 10.1. The van der Waals surface area contributed by atoms with Crippen LogP contribution in [0, 0.1) is 13.8 Å². The van der Waals surface area contributed by atoms with E-state index >= 15 is 0 Å². The third-order valence-corrected chi connectivity index (χ3v) is 5.39. The molecule has 0 saturated carbocycles. The monoisotopic (exact) mass is 327 g/mol. The number of hydrogen-bond donors (Lipinski definition) is 0. The summed E-state index contributed by atoms with van der Waals surface area (Å²) < 4.78 is 0. The first-order chi connectivity index (χ1) is 11.1. The number of nitrogens with zero attached hydrogens (tertiary/aromatic N) is 1. The van der Waals surface area contributed by atoms with Gasteiger partial charge in [0.05, 0.1) is 11.1 Å². The molecule has 0 unspecified atom stereocenters. The van der Waals surface area contributed by atoms with Gasteiger partial charge in [0.15, 0.2) is 0 Å². The zero-order valence-electron chi connectivity index (χ0n) is 13.6. The smallest absolute Gasteiger partial charge is 0.262 e. The van der Waals surface area contributed by atoms with Gasteiger partial charge in [0, 0.05) is 16.3 Å². The number of thiophene rings is 1. The van der Waals surface area contributed by atoms with Gasteiger partial charge in [0.2, 0.25) is 0 Å². The number of hydrogen-bond acceptors (Lipinski definition) is 3. The molecule has 23 heavy (non-hydrogen) atoms. The zero-order chi connectivity index (χ0) is 16.4. The quantitative estimate of drug-likeness (QED) is 0.583.